The van der Waals surface area contributed by atoms with Crippen LogP contribution in [-0.2, 0) is 20.7 Å². The molecule has 0 amide bonds. The van der Waals surface area contributed by atoms with Crippen LogP contribution >= 0.6 is 0 Å². The van der Waals surface area contributed by atoms with E-state index in [1.165, 1.54) is 39.5 Å². The van der Waals surface area contributed by atoms with E-state index in [1.807, 2.05) is 0 Å². The van der Waals surface area contributed by atoms with Gasteiger partial charge in [-0.15, -0.1) is 0 Å². The molecule has 0 spiro atoms. The Kier molecular flexibility index (Phi) is 9.33. The summed E-state index contributed by atoms with van der Waals surface area (Å²) >= 11 is 0. The zero-order chi connectivity index (χ0) is 43.0. The molecule has 3 heterocycles. The highest BCUT2D eigenvalue weighted by atomic mass is 16.7. The van der Waals surface area contributed by atoms with Crippen molar-refractivity contribution in [3.63, 3.8) is 0 Å². The Bertz CT molecular complexity index is 2590. The van der Waals surface area contributed by atoms with Gasteiger partial charge in [0.05, 0.1) is 39.4 Å². The van der Waals surface area contributed by atoms with E-state index >= 15 is 0 Å². The van der Waals surface area contributed by atoms with Crippen LogP contribution in [0.4, 0.5) is 0 Å². The van der Waals surface area contributed by atoms with Crippen LogP contribution in [0.3, 0.4) is 0 Å². The lowest BCUT2D eigenvalue weighted by Gasteiger charge is -2.42. The Morgan fingerprint density at radius 1 is 0.672 bits per heavy atom. The van der Waals surface area contributed by atoms with Crippen LogP contribution in [0, 0.1) is 11.8 Å². The standard InChI is InChI=1S/C44H38O17/c1-54-32-9-18(10-33(55-2)42(32)56-3)35-20-11-30-31(59-16-58-30)12-21(20)36(23-15-57-44(53)37(23)35)38-27(48)14-25(46)22-13-34(60-43(52)19-7-28(49)39(51)29(50)8-19)40(61-41(22)38)17-4-5-24(45)26(47)6-17/h4-12,14,23,34-37,40,45-51H,13,15-16H2,1-3H3/t23-,34-,35-,36-,37+,40-/m1/s1. The van der Waals surface area contributed by atoms with E-state index in [2.05, 4.69) is 0 Å². The highest BCUT2D eigenvalue weighted by molar-refractivity contribution is 5.91. The third kappa shape index (κ3) is 6.22. The number of cyclic esters (lactones) is 1. The van der Waals surface area contributed by atoms with Gasteiger partial charge in [-0.05, 0) is 65.2 Å². The van der Waals surface area contributed by atoms with Crippen molar-refractivity contribution >= 4 is 11.9 Å². The fourth-order valence-corrected chi connectivity index (χ4v) is 9.08. The van der Waals surface area contributed by atoms with Gasteiger partial charge in [0.1, 0.15) is 23.4 Å². The lowest BCUT2D eigenvalue weighted by atomic mass is 9.61. The molecule has 17 nitrogen and oxygen atoms in total. The monoisotopic (exact) mass is 838 g/mol. The number of carbonyl (C=O) groups excluding carboxylic acids is 2. The Morgan fingerprint density at radius 2 is 1.33 bits per heavy atom. The third-order valence-electron chi connectivity index (χ3n) is 11.8. The minimum absolute atomic E-state index is 0.0137. The van der Waals surface area contributed by atoms with Crippen molar-refractivity contribution in [2.75, 3.05) is 34.7 Å². The maximum Gasteiger partial charge on any atom is 0.338 e. The number of phenols is 7. The van der Waals surface area contributed by atoms with Gasteiger partial charge in [0.2, 0.25) is 12.5 Å². The summed E-state index contributed by atoms with van der Waals surface area (Å²) in [4.78, 5) is 27.6. The van der Waals surface area contributed by atoms with Gasteiger partial charge in [0, 0.05) is 46.9 Å². The Hall–Kier alpha value is -7.56. The van der Waals surface area contributed by atoms with Crippen LogP contribution in [0.2, 0.25) is 0 Å². The molecule has 1 fully saturated rings. The fourth-order valence-electron chi connectivity index (χ4n) is 9.08. The van der Waals surface area contributed by atoms with Crippen LogP contribution in [0.15, 0.2) is 60.7 Å². The van der Waals surface area contributed by atoms with Gasteiger partial charge in [-0.25, -0.2) is 4.79 Å². The summed E-state index contributed by atoms with van der Waals surface area (Å²) in [6.45, 7) is -0.153. The molecule has 0 radical (unpaired) electrons. The second kappa shape index (κ2) is 14.6. The molecule has 1 aliphatic carbocycles. The molecule has 9 rings (SSSR count). The van der Waals surface area contributed by atoms with E-state index in [0.29, 0.717) is 45.4 Å². The average molecular weight is 839 g/mol. The second-order valence-corrected chi connectivity index (χ2v) is 15.0. The minimum Gasteiger partial charge on any atom is -0.507 e. The lowest BCUT2D eigenvalue weighted by molar-refractivity contribution is -0.141. The average Bonchev–Trinajstić information content (AvgIpc) is 3.87. The van der Waals surface area contributed by atoms with Crippen molar-refractivity contribution in [2.45, 2.75) is 30.5 Å². The topological polar surface area (TPSA) is 250 Å². The molecule has 0 aromatic heterocycles. The van der Waals surface area contributed by atoms with Crippen LogP contribution in [-0.4, -0.2) is 88.5 Å². The van der Waals surface area contributed by atoms with Gasteiger partial charge in [-0.3, -0.25) is 4.79 Å². The summed E-state index contributed by atoms with van der Waals surface area (Å²) < 4.78 is 47.0. The van der Waals surface area contributed by atoms with Gasteiger partial charge >= 0.3 is 11.9 Å². The molecule has 4 aliphatic rings. The summed E-state index contributed by atoms with van der Waals surface area (Å²) in [7, 11) is 4.44. The van der Waals surface area contributed by atoms with E-state index in [-0.39, 0.29) is 47.8 Å². The van der Waals surface area contributed by atoms with Crippen molar-refractivity contribution in [3.8, 4) is 74.7 Å². The van der Waals surface area contributed by atoms with E-state index in [9.17, 15) is 45.3 Å². The van der Waals surface area contributed by atoms with Gasteiger partial charge in [-0.1, -0.05) is 6.07 Å². The van der Waals surface area contributed by atoms with E-state index < -0.39 is 88.1 Å². The number of hydrogen-bond acceptors (Lipinski definition) is 17. The largest absolute Gasteiger partial charge is 0.507 e. The maximum absolute atomic E-state index is 14.1. The molecule has 0 unspecified atom stereocenters. The SMILES string of the molecule is COc1cc([C@@H]2c3cc4c(cc3[C@@H](c3c(O)cc(O)c5c3O[C@H](c3ccc(O)c(O)c3)[C@H](OC(=O)c3cc(O)c(O)c(O)c3)C5)[C@H]3COC(=O)[C@H]23)OCO4)cc(OC)c1OC. The number of ether oxygens (including phenoxy) is 8. The molecule has 61 heavy (non-hydrogen) atoms. The van der Waals surface area contributed by atoms with Crippen LogP contribution in [0.5, 0.6) is 74.7 Å². The zero-order valence-electron chi connectivity index (χ0n) is 32.6. The molecular formula is C44H38O17. The molecule has 316 valence electrons. The molecule has 17 heteroatoms. The summed E-state index contributed by atoms with van der Waals surface area (Å²) in [5.41, 5.74) is 1.99. The number of fused-ring (bicyclic) bond motifs is 4. The number of esters is 2. The molecule has 1 saturated heterocycles. The molecule has 5 aromatic rings. The summed E-state index contributed by atoms with van der Waals surface area (Å²) in [6, 6.07) is 13.8. The first-order valence-electron chi connectivity index (χ1n) is 18.9. The molecular weight excluding hydrogens is 800 g/mol. The van der Waals surface area contributed by atoms with Gasteiger partial charge in [0.25, 0.3) is 0 Å². The number of rotatable bonds is 8. The zero-order valence-corrected chi connectivity index (χ0v) is 32.6. The highest BCUT2D eigenvalue weighted by Gasteiger charge is 2.55. The first-order chi connectivity index (χ1) is 29.3. The minimum atomic E-state index is -1.29. The Morgan fingerprint density at radius 3 is 1.95 bits per heavy atom. The van der Waals surface area contributed by atoms with Gasteiger partial charge in [-0.2, -0.15) is 0 Å². The highest BCUT2D eigenvalue weighted by Crippen LogP contribution is 2.61. The number of carbonyl (C=O) groups is 2. The number of hydrogen-bond donors (Lipinski definition) is 7. The quantitative estimate of drug-likeness (QED) is 0.0769. The van der Waals surface area contributed by atoms with Crippen molar-refractivity contribution in [2.24, 2.45) is 11.8 Å². The first kappa shape index (κ1) is 38.9. The second-order valence-electron chi connectivity index (χ2n) is 15.0. The van der Waals surface area contributed by atoms with E-state index in [4.69, 9.17) is 37.9 Å². The normalized spacial score (nSPS) is 21.9. The van der Waals surface area contributed by atoms with Crippen molar-refractivity contribution in [3.05, 3.63) is 99.6 Å². The first-order valence-corrected chi connectivity index (χ1v) is 18.9. The van der Waals surface area contributed by atoms with E-state index in [0.717, 1.165) is 18.2 Å². The van der Waals surface area contributed by atoms with Crippen LogP contribution in [0.25, 0.3) is 0 Å². The van der Waals surface area contributed by atoms with Gasteiger partial charge < -0.3 is 73.6 Å². The van der Waals surface area contributed by atoms with Crippen molar-refractivity contribution in [1.29, 1.82) is 0 Å². The molecule has 0 bridgehead atoms. The smallest absolute Gasteiger partial charge is 0.338 e. The van der Waals surface area contributed by atoms with E-state index in [1.54, 1.807) is 24.3 Å². The van der Waals surface area contributed by atoms with Crippen LogP contribution in [0.1, 0.15) is 61.7 Å². The molecule has 3 aliphatic heterocycles. The lowest BCUT2D eigenvalue weighted by Crippen LogP contribution is -2.37. The third-order valence-corrected chi connectivity index (χ3v) is 11.8. The van der Waals surface area contributed by atoms with Crippen molar-refractivity contribution < 1.29 is 83.2 Å². The molecule has 7 N–H and O–H groups in total. The molecule has 6 atom stereocenters. The Labute approximate surface area is 346 Å². The Balaban J connectivity index is 1.22. The number of phenolic OH excluding ortho intramolecular Hbond substituents is 7. The predicted octanol–water partition coefficient (Wildman–Crippen LogP) is 5.35. The fraction of sp³-hybridized carbons (Fsp3) is 0.273. The number of methoxy groups -OCH3 is 3. The number of aromatic hydroxyl groups is 7. The predicted molar refractivity (Wildman–Crippen MR) is 208 cm³/mol. The summed E-state index contributed by atoms with van der Waals surface area (Å²) in [5, 5.41) is 74.3. The van der Waals surface area contributed by atoms with Crippen molar-refractivity contribution in [1.82, 2.24) is 0 Å². The summed E-state index contributed by atoms with van der Waals surface area (Å²) in [6.07, 6.45) is -2.82. The van der Waals surface area contributed by atoms with Gasteiger partial charge in [0.15, 0.2) is 57.8 Å². The molecule has 5 aromatic carbocycles. The maximum atomic E-state index is 14.1. The number of benzene rings is 5. The molecule has 0 saturated carbocycles. The van der Waals surface area contributed by atoms with Crippen LogP contribution < -0.4 is 28.4 Å². The summed E-state index contributed by atoms with van der Waals surface area (Å²) in [5.74, 6) is -7.03.